The molecule has 0 aliphatic rings. The molecule has 0 aliphatic heterocycles. The van der Waals surface area contributed by atoms with Crippen LogP contribution >= 0.6 is 27.7 Å². The van der Waals surface area contributed by atoms with E-state index in [1.165, 1.54) is 17.7 Å². The van der Waals surface area contributed by atoms with E-state index >= 15 is 0 Å². The largest absolute Gasteiger partial charge is 0.398 e. The minimum absolute atomic E-state index is 0.298. The van der Waals surface area contributed by atoms with Crippen molar-refractivity contribution in [3.05, 3.63) is 58.3 Å². The summed E-state index contributed by atoms with van der Waals surface area (Å²) in [5.74, 6) is 0.504. The van der Waals surface area contributed by atoms with E-state index in [0.29, 0.717) is 5.69 Å². The van der Waals surface area contributed by atoms with Crippen molar-refractivity contribution in [2.45, 2.75) is 10.6 Å². The first-order chi connectivity index (χ1) is 8.16. The van der Waals surface area contributed by atoms with Crippen molar-refractivity contribution in [1.29, 1.82) is 0 Å². The lowest BCUT2D eigenvalue weighted by molar-refractivity contribution is 0.627. The standard InChI is InChI=1S/C13H11BrFNS/c14-11-4-2-1-3-9(11)8-17-13-6-5-10(15)7-12(13)16/h1-7H,8,16H2. The van der Waals surface area contributed by atoms with Crippen LogP contribution in [-0.4, -0.2) is 0 Å². The second-order valence-electron chi connectivity index (χ2n) is 3.56. The highest BCUT2D eigenvalue weighted by molar-refractivity contribution is 9.10. The first-order valence-electron chi connectivity index (χ1n) is 5.08. The Morgan fingerprint density at radius 3 is 2.65 bits per heavy atom. The van der Waals surface area contributed by atoms with Crippen molar-refractivity contribution in [3.8, 4) is 0 Å². The van der Waals surface area contributed by atoms with Gasteiger partial charge in [-0.15, -0.1) is 11.8 Å². The van der Waals surface area contributed by atoms with Gasteiger partial charge in [-0.05, 0) is 29.8 Å². The quantitative estimate of drug-likeness (QED) is 0.669. The van der Waals surface area contributed by atoms with Crippen LogP contribution in [0.25, 0.3) is 0 Å². The molecule has 17 heavy (non-hydrogen) atoms. The minimum Gasteiger partial charge on any atom is -0.398 e. The summed E-state index contributed by atoms with van der Waals surface area (Å²) in [6, 6.07) is 12.5. The molecule has 0 fully saturated rings. The topological polar surface area (TPSA) is 26.0 Å². The Morgan fingerprint density at radius 2 is 1.94 bits per heavy atom. The first kappa shape index (κ1) is 12.5. The van der Waals surface area contributed by atoms with Gasteiger partial charge in [0.2, 0.25) is 0 Å². The van der Waals surface area contributed by atoms with Crippen molar-refractivity contribution in [3.63, 3.8) is 0 Å². The Hall–Kier alpha value is -1.00. The van der Waals surface area contributed by atoms with Crippen LogP contribution in [0.1, 0.15) is 5.56 Å². The molecular formula is C13H11BrFNS. The van der Waals surface area contributed by atoms with Gasteiger partial charge < -0.3 is 5.73 Å². The molecule has 0 radical (unpaired) electrons. The summed E-state index contributed by atoms with van der Waals surface area (Å²) in [5, 5.41) is 0. The number of nitrogen functional groups attached to an aromatic ring is 1. The lowest BCUT2D eigenvalue weighted by Gasteiger charge is -2.06. The highest BCUT2D eigenvalue weighted by Gasteiger charge is 2.04. The fourth-order valence-electron chi connectivity index (χ4n) is 1.42. The van der Waals surface area contributed by atoms with Crippen molar-refractivity contribution in [1.82, 2.24) is 0 Å². The molecule has 2 aromatic rings. The second-order valence-corrected chi connectivity index (χ2v) is 5.43. The molecule has 4 heteroatoms. The number of halogens is 2. The van der Waals surface area contributed by atoms with E-state index in [2.05, 4.69) is 22.0 Å². The predicted molar refractivity (Wildman–Crippen MR) is 74.5 cm³/mol. The maximum atomic E-state index is 12.9. The van der Waals surface area contributed by atoms with Crippen LogP contribution in [-0.2, 0) is 5.75 Å². The normalized spacial score (nSPS) is 10.5. The Kier molecular flexibility index (Phi) is 4.07. The van der Waals surface area contributed by atoms with Crippen LogP contribution in [0.15, 0.2) is 51.8 Å². The van der Waals surface area contributed by atoms with Gasteiger partial charge in [0.15, 0.2) is 0 Å². The van der Waals surface area contributed by atoms with Gasteiger partial charge in [0.1, 0.15) is 5.82 Å². The third-order valence-corrected chi connectivity index (χ3v) is 4.22. The van der Waals surface area contributed by atoms with Gasteiger partial charge >= 0.3 is 0 Å². The summed E-state index contributed by atoms with van der Waals surface area (Å²) in [4.78, 5) is 0.905. The van der Waals surface area contributed by atoms with Crippen molar-refractivity contribution in [2.24, 2.45) is 0 Å². The number of anilines is 1. The smallest absolute Gasteiger partial charge is 0.125 e. The van der Waals surface area contributed by atoms with Crippen LogP contribution in [0.4, 0.5) is 10.1 Å². The van der Waals surface area contributed by atoms with E-state index in [1.54, 1.807) is 17.8 Å². The molecule has 1 nitrogen and oxygen atoms in total. The number of hydrogen-bond acceptors (Lipinski definition) is 2. The van der Waals surface area contributed by atoms with E-state index in [4.69, 9.17) is 5.73 Å². The summed E-state index contributed by atoms with van der Waals surface area (Å²) in [5.41, 5.74) is 7.43. The van der Waals surface area contributed by atoms with Crippen molar-refractivity contribution >= 4 is 33.4 Å². The fourth-order valence-corrected chi connectivity index (χ4v) is 2.98. The molecule has 0 heterocycles. The van der Waals surface area contributed by atoms with Gasteiger partial charge in [-0.2, -0.15) is 0 Å². The Morgan fingerprint density at radius 1 is 1.18 bits per heavy atom. The molecule has 88 valence electrons. The maximum absolute atomic E-state index is 12.9. The lowest BCUT2D eigenvalue weighted by atomic mass is 10.2. The zero-order chi connectivity index (χ0) is 12.3. The van der Waals surface area contributed by atoms with Crippen LogP contribution in [0, 0.1) is 5.82 Å². The molecule has 0 saturated heterocycles. The summed E-state index contributed by atoms with van der Waals surface area (Å²) in [7, 11) is 0. The van der Waals surface area contributed by atoms with Gasteiger partial charge in [0.05, 0.1) is 0 Å². The van der Waals surface area contributed by atoms with Crippen molar-refractivity contribution < 1.29 is 4.39 Å². The minimum atomic E-state index is -0.298. The van der Waals surface area contributed by atoms with E-state index in [0.717, 1.165) is 15.1 Å². The Balaban J connectivity index is 2.10. The number of benzene rings is 2. The summed E-state index contributed by atoms with van der Waals surface area (Å²) >= 11 is 5.10. The predicted octanol–water partition coefficient (Wildman–Crippen LogP) is 4.46. The van der Waals surface area contributed by atoms with E-state index in [1.807, 2.05) is 18.2 Å². The van der Waals surface area contributed by atoms with Gasteiger partial charge in [0, 0.05) is 20.8 Å². The molecule has 0 unspecified atom stereocenters. The molecule has 0 spiro atoms. The highest BCUT2D eigenvalue weighted by atomic mass is 79.9. The Labute approximate surface area is 112 Å². The second kappa shape index (κ2) is 5.56. The third-order valence-electron chi connectivity index (χ3n) is 2.31. The molecule has 2 N–H and O–H groups in total. The molecule has 0 saturated carbocycles. The van der Waals surface area contributed by atoms with Gasteiger partial charge in [0.25, 0.3) is 0 Å². The fraction of sp³-hybridized carbons (Fsp3) is 0.0769. The van der Waals surface area contributed by atoms with E-state index < -0.39 is 0 Å². The number of thioether (sulfide) groups is 1. The molecule has 0 aliphatic carbocycles. The zero-order valence-corrected chi connectivity index (χ0v) is 11.4. The highest BCUT2D eigenvalue weighted by Crippen LogP contribution is 2.30. The molecule has 2 rings (SSSR count). The third kappa shape index (κ3) is 3.23. The van der Waals surface area contributed by atoms with Crippen LogP contribution in [0.3, 0.4) is 0 Å². The van der Waals surface area contributed by atoms with Crippen molar-refractivity contribution in [2.75, 3.05) is 5.73 Å². The summed E-state index contributed by atoms with van der Waals surface area (Å²) < 4.78 is 14.0. The Bertz CT molecular complexity index is 531. The van der Waals surface area contributed by atoms with Gasteiger partial charge in [-0.3, -0.25) is 0 Å². The number of rotatable bonds is 3. The molecule has 2 aromatic carbocycles. The SMILES string of the molecule is Nc1cc(F)ccc1SCc1ccccc1Br. The van der Waals surface area contributed by atoms with E-state index in [9.17, 15) is 4.39 Å². The zero-order valence-electron chi connectivity index (χ0n) is 8.99. The van der Waals surface area contributed by atoms with Gasteiger partial charge in [-0.1, -0.05) is 34.1 Å². The van der Waals surface area contributed by atoms with Gasteiger partial charge in [-0.25, -0.2) is 4.39 Å². The molecular weight excluding hydrogens is 301 g/mol. The lowest BCUT2D eigenvalue weighted by Crippen LogP contribution is -1.90. The molecule has 0 aromatic heterocycles. The van der Waals surface area contributed by atoms with Crippen LogP contribution < -0.4 is 5.73 Å². The molecule has 0 amide bonds. The average Bonchev–Trinajstić information content (AvgIpc) is 2.30. The average molecular weight is 312 g/mol. The van der Waals surface area contributed by atoms with Crippen LogP contribution in [0.2, 0.25) is 0 Å². The number of hydrogen-bond donors (Lipinski definition) is 1. The molecule has 0 bridgehead atoms. The monoisotopic (exact) mass is 311 g/mol. The van der Waals surface area contributed by atoms with E-state index in [-0.39, 0.29) is 5.82 Å². The summed E-state index contributed by atoms with van der Waals surface area (Å²) in [6.45, 7) is 0. The van der Waals surface area contributed by atoms with Crippen LogP contribution in [0.5, 0.6) is 0 Å². The first-order valence-corrected chi connectivity index (χ1v) is 6.86. The summed E-state index contributed by atoms with van der Waals surface area (Å²) in [6.07, 6.45) is 0. The molecule has 0 atom stereocenters. The maximum Gasteiger partial charge on any atom is 0.125 e. The number of nitrogens with two attached hydrogens (primary N) is 1.